The van der Waals surface area contributed by atoms with Crippen molar-refractivity contribution in [3.63, 3.8) is 0 Å². The molecule has 6 nitrogen and oxygen atoms in total. The van der Waals surface area contributed by atoms with E-state index in [0.29, 0.717) is 44.1 Å². The maximum absolute atomic E-state index is 13.7. The third-order valence-electron chi connectivity index (χ3n) is 5.99. The van der Waals surface area contributed by atoms with Crippen molar-refractivity contribution in [2.24, 2.45) is 0 Å². The van der Waals surface area contributed by atoms with Gasteiger partial charge < -0.3 is 19.7 Å². The number of likely N-dealkylation sites (N-methyl/N-ethyl adjacent to an activating group) is 1. The largest absolute Gasteiger partial charge is 0.490 e. The third-order valence-corrected chi connectivity index (χ3v) is 6.49. The maximum Gasteiger partial charge on any atom is 0.242 e. The molecule has 0 saturated heterocycles. The van der Waals surface area contributed by atoms with Crippen LogP contribution in [0.4, 0.5) is 0 Å². The molecule has 0 bridgehead atoms. The first kappa shape index (κ1) is 28.3. The molecule has 0 spiro atoms. The first-order valence-electron chi connectivity index (χ1n) is 12.6. The summed E-state index contributed by atoms with van der Waals surface area (Å²) in [6, 6.07) is 22.7. The number of hydrogen-bond acceptors (Lipinski definition) is 4. The summed E-state index contributed by atoms with van der Waals surface area (Å²) in [5, 5.41) is 2.76. The van der Waals surface area contributed by atoms with Crippen LogP contribution >= 0.6 is 15.9 Å². The van der Waals surface area contributed by atoms with Crippen molar-refractivity contribution in [1.29, 1.82) is 0 Å². The molecule has 3 aromatic rings. The summed E-state index contributed by atoms with van der Waals surface area (Å²) in [6.07, 6.45) is 1.21. The average molecular weight is 568 g/mol. The van der Waals surface area contributed by atoms with Gasteiger partial charge in [0, 0.05) is 30.9 Å². The van der Waals surface area contributed by atoms with Gasteiger partial charge in [-0.25, -0.2) is 0 Å². The highest BCUT2D eigenvalue weighted by molar-refractivity contribution is 9.10. The molecule has 0 saturated carbocycles. The molecule has 0 aromatic heterocycles. The molecular weight excluding hydrogens is 532 g/mol. The lowest BCUT2D eigenvalue weighted by molar-refractivity contribution is -0.141. The molecule has 37 heavy (non-hydrogen) atoms. The van der Waals surface area contributed by atoms with Gasteiger partial charge in [0.05, 0.1) is 13.2 Å². The van der Waals surface area contributed by atoms with Gasteiger partial charge in [0.1, 0.15) is 6.04 Å². The van der Waals surface area contributed by atoms with Gasteiger partial charge in [-0.2, -0.15) is 0 Å². The molecule has 7 heteroatoms. The fourth-order valence-corrected chi connectivity index (χ4v) is 4.65. The summed E-state index contributed by atoms with van der Waals surface area (Å²) >= 11 is 3.52. The minimum Gasteiger partial charge on any atom is -0.490 e. The second kappa shape index (κ2) is 14.4. The predicted octanol–water partition coefficient (Wildman–Crippen LogP) is 5.57. The SMILES string of the molecule is CCOc1ccc(CCC(=O)N(Cc2cccc(Br)c2)C(Cc2ccccc2)C(=O)NC)cc1OCC. The second-order valence-corrected chi connectivity index (χ2v) is 9.53. The number of carbonyl (C=O) groups excluding carboxylic acids is 2. The number of ether oxygens (including phenoxy) is 2. The van der Waals surface area contributed by atoms with Crippen LogP contribution in [0.1, 0.15) is 37.0 Å². The van der Waals surface area contributed by atoms with Crippen molar-refractivity contribution >= 4 is 27.7 Å². The molecule has 3 rings (SSSR count). The molecule has 3 aromatic carbocycles. The summed E-state index contributed by atoms with van der Waals surface area (Å²) in [5.41, 5.74) is 2.92. The van der Waals surface area contributed by atoms with E-state index in [2.05, 4.69) is 21.2 Å². The Morgan fingerprint density at radius 1 is 0.865 bits per heavy atom. The number of rotatable bonds is 13. The van der Waals surface area contributed by atoms with Crippen molar-refractivity contribution in [1.82, 2.24) is 10.2 Å². The maximum atomic E-state index is 13.7. The van der Waals surface area contributed by atoms with Crippen molar-refractivity contribution in [3.8, 4) is 11.5 Å². The van der Waals surface area contributed by atoms with E-state index in [9.17, 15) is 9.59 Å². The van der Waals surface area contributed by atoms with Crippen LogP contribution in [0, 0.1) is 0 Å². The highest BCUT2D eigenvalue weighted by Gasteiger charge is 2.29. The molecule has 2 amide bonds. The topological polar surface area (TPSA) is 67.9 Å². The molecule has 1 atom stereocenters. The minimum atomic E-state index is -0.641. The van der Waals surface area contributed by atoms with Gasteiger partial charge in [-0.05, 0) is 61.2 Å². The Morgan fingerprint density at radius 2 is 1.57 bits per heavy atom. The van der Waals surface area contributed by atoms with Crippen LogP contribution in [0.3, 0.4) is 0 Å². The van der Waals surface area contributed by atoms with E-state index < -0.39 is 6.04 Å². The van der Waals surface area contributed by atoms with Gasteiger partial charge in [0.15, 0.2) is 11.5 Å². The highest BCUT2D eigenvalue weighted by atomic mass is 79.9. The van der Waals surface area contributed by atoms with E-state index in [0.717, 1.165) is 21.2 Å². The molecule has 1 unspecified atom stereocenters. The number of carbonyl (C=O) groups is 2. The minimum absolute atomic E-state index is 0.0867. The van der Waals surface area contributed by atoms with Gasteiger partial charge in [0.25, 0.3) is 0 Å². The number of aryl methyl sites for hydroxylation is 1. The molecule has 0 aliphatic carbocycles. The van der Waals surface area contributed by atoms with E-state index in [-0.39, 0.29) is 18.2 Å². The van der Waals surface area contributed by atoms with Crippen LogP contribution in [-0.2, 0) is 29.0 Å². The Bertz CT molecular complexity index is 1170. The third kappa shape index (κ3) is 8.35. The van der Waals surface area contributed by atoms with E-state index in [1.807, 2.05) is 86.6 Å². The second-order valence-electron chi connectivity index (χ2n) is 8.62. The Hall–Kier alpha value is -3.32. The summed E-state index contributed by atoms with van der Waals surface area (Å²) in [6.45, 7) is 5.26. The average Bonchev–Trinajstić information content (AvgIpc) is 2.91. The molecule has 0 aliphatic heterocycles. The van der Waals surface area contributed by atoms with Gasteiger partial charge >= 0.3 is 0 Å². The molecule has 1 N–H and O–H groups in total. The number of benzene rings is 3. The first-order valence-corrected chi connectivity index (χ1v) is 13.4. The summed E-state index contributed by atoms with van der Waals surface area (Å²) < 4.78 is 12.3. The standard InChI is InChI=1S/C30H35BrN2O4/c1-4-36-27-16-14-23(20-28(27)37-5-2)15-17-29(34)33(21-24-12-9-13-25(31)18-24)26(30(35)32-3)19-22-10-7-6-8-11-22/h6-14,16,18,20,26H,4-5,15,17,19,21H2,1-3H3,(H,32,35). The zero-order chi connectivity index (χ0) is 26.6. The van der Waals surface area contributed by atoms with Crippen molar-refractivity contribution in [2.75, 3.05) is 20.3 Å². The first-order chi connectivity index (χ1) is 17.9. The van der Waals surface area contributed by atoms with Crippen LogP contribution in [-0.4, -0.2) is 43.0 Å². The lowest BCUT2D eigenvalue weighted by Gasteiger charge is -2.31. The molecular formula is C30H35BrN2O4. The molecule has 0 aliphatic rings. The number of hydrogen-bond donors (Lipinski definition) is 1. The number of amides is 2. The Kier molecular flexibility index (Phi) is 11.0. The zero-order valence-corrected chi connectivity index (χ0v) is 23.3. The Morgan fingerprint density at radius 3 is 2.24 bits per heavy atom. The van der Waals surface area contributed by atoms with Gasteiger partial charge in [-0.1, -0.05) is 64.5 Å². The lowest BCUT2D eigenvalue weighted by Crippen LogP contribution is -2.49. The van der Waals surface area contributed by atoms with E-state index in [1.54, 1.807) is 11.9 Å². The molecule has 0 fully saturated rings. The molecule has 0 heterocycles. The summed E-state index contributed by atoms with van der Waals surface area (Å²) in [4.78, 5) is 28.5. The van der Waals surface area contributed by atoms with Crippen LogP contribution < -0.4 is 14.8 Å². The number of nitrogens with one attached hydrogen (secondary N) is 1. The van der Waals surface area contributed by atoms with Crippen molar-refractivity contribution in [3.05, 3.63) is 94.0 Å². The van der Waals surface area contributed by atoms with Gasteiger partial charge in [-0.3, -0.25) is 9.59 Å². The summed E-state index contributed by atoms with van der Waals surface area (Å²) in [5.74, 6) is 1.09. The van der Waals surface area contributed by atoms with E-state index >= 15 is 0 Å². The van der Waals surface area contributed by atoms with Crippen LogP contribution in [0.5, 0.6) is 11.5 Å². The van der Waals surface area contributed by atoms with Crippen LogP contribution in [0.25, 0.3) is 0 Å². The van der Waals surface area contributed by atoms with Gasteiger partial charge in [-0.15, -0.1) is 0 Å². The number of halogens is 1. The smallest absolute Gasteiger partial charge is 0.242 e. The highest BCUT2D eigenvalue weighted by Crippen LogP contribution is 2.29. The monoisotopic (exact) mass is 566 g/mol. The van der Waals surface area contributed by atoms with Crippen molar-refractivity contribution in [2.45, 2.75) is 45.7 Å². The van der Waals surface area contributed by atoms with Crippen molar-refractivity contribution < 1.29 is 19.1 Å². The van der Waals surface area contributed by atoms with Crippen LogP contribution in [0.15, 0.2) is 77.3 Å². The summed E-state index contributed by atoms with van der Waals surface area (Å²) in [7, 11) is 1.61. The fraction of sp³-hybridized carbons (Fsp3) is 0.333. The Balaban J connectivity index is 1.86. The Labute approximate surface area is 228 Å². The normalized spacial score (nSPS) is 11.5. The number of nitrogens with zero attached hydrogens (tertiary/aromatic N) is 1. The fourth-order valence-electron chi connectivity index (χ4n) is 4.20. The van der Waals surface area contributed by atoms with E-state index in [4.69, 9.17) is 9.47 Å². The van der Waals surface area contributed by atoms with Gasteiger partial charge in [0.2, 0.25) is 11.8 Å². The lowest BCUT2D eigenvalue weighted by atomic mass is 10.0. The van der Waals surface area contributed by atoms with Crippen LogP contribution in [0.2, 0.25) is 0 Å². The molecule has 0 radical (unpaired) electrons. The zero-order valence-electron chi connectivity index (χ0n) is 21.7. The molecule has 196 valence electrons. The van der Waals surface area contributed by atoms with E-state index in [1.165, 1.54) is 0 Å². The quantitative estimate of drug-likeness (QED) is 0.294. The predicted molar refractivity (Wildman–Crippen MR) is 150 cm³/mol.